The lowest BCUT2D eigenvalue weighted by Crippen LogP contribution is -2.66. The zero-order valence-corrected chi connectivity index (χ0v) is 19.8. The molecule has 160 valence electrons. The standard InChI is InChI=1S/C25H34N2O2Si/c1-20(18-21(2)24(28)19-27-26)16-17-29-30(25(3,4)5,22-12-8-6-9-13-22)23-14-10-7-11-15-23/h6-15,19-21H,16-18H2,1-5H3/t20-,21-/m1/s1. The number of hydrogen-bond donors (Lipinski definition) is 0. The van der Waals surface area contributed by atoms with E-state index in [1.165, 1.54) is 10.4 Å². The summed E-state index contributed by atoms with van der Waals surface area (Å²) in [6, 6.07) is 21.2. The molecule has 0 unspecified atom stereocenters. The average molecular weight is 423 g/mol. The SMILES string of the molecule is C[C@H](CCO[Si](c1ccccc1)(c1ccccc1)C(C)(C)C)C[C@@H](C)C(=O)C=[N+]=[N-]. The maximum atomic E-state index is 11.9. The third-order valence-electron chi connectivity index (χ3n) is 5.77. The fraction of sp³-hybridized carbons (Fsp3) is 0.440. The van der Waals surface area contributed by atoms with Gasteiger partial charge in [-0.2, -0.15) is 4.79 Å². The summed E-state index contributed by atoms with van der Waals surface area (Å²) in [6.07, 6.45) is 2.61. The van der Waals surface area contributed by atoms with Crippen LogP contribution in [0.2, 0.25) is 5.04 Å². The van der Waals surface area contributed by atoms with Crippen LogP contribution in [0, 0.1) is 11.8 Å². The van der Waals surface area contributed by atoms with Gasteiger partial charge in [0.15, 0.2) is 0 Å². The smallest absolute Gasteiger partial charge is 0.323 e. The van der Waals surface area contributed by atoms with Gasteiger partial charge in [-0.1, -0.05) is 95.3 Å². The van der Waals surface area contributed by atoms with Gasteiger partial charge in [0.2, 0.25) is 5.78 Å². The van der Waals surface area contributed by atoms with Crippen LogP contribution < -0.4 is 10.4 Å². The van der Waals surface area contributed by atoms with Crippen LogP contribution in [0.5, 0.6) is 0 Å². The zero-order valence-electron chi connectivity index (χ0n) is 18.8. The van der Waals surface area contributed by atoms with Crippen LogP contribution in [0.4, 0.5) is 0 Å². The number of hydrogen-bond acceptors (Lipinski definition) is 2. The summed E-state index contributed by atoms with van der Waals surface area (Å²) in [7, 11) is -2.51. The van der Waals surface area contributed by atoms with Crippen LogP contribution in [0.3, 0.4) is 0 Å². The summed E-state index contributed by atoms with van der Waals surface area (Å²) < 4.78 is 6.91. The molecule has 30 heavy (non-hydrogen) atoms. The summed E-state index contributed by atoms with van der Waals surface area (Å²) in [4.78, 5) is 14.7. The maximum Gasteiger partial charge on any atom is 0.323 e. The summed E-state index contributed by atoms with van der Waals surface area (Å²) in [5.41, 5.74) is 8.58. The lowest BCUT2D eigenvalue weighted by Gasteiger charge is -2.43. The molecule has 0 aliphatic heterocycles. The Morgan fingerprint density at radius 3 is 1.97 bits per heavy atom. The number of nitrogens with zero attached hydrogens (tertiary/aromatic N) is 2. The molecule has 2 aromatic carbocycles. The maximum absolute atomic E-state index is 11.9. The summed E-state index contributed by atoms with van der Waals surface area (Å²) >= 11 is 0. The predicted octanol–water partition coefficient (Wildman–Crippen LogP) is 4.49. The second kappa shape index (κ2) is 10.6. The van der Waals surface area contributed by atoms with Crippen molar-refractivity contribution in [3.05, 3.63) is 66.2 Å². The first-order chi connectivity index (χ1) is 14.2. The molecule has 0 aliphatic carbocycles. The zero-order chi connectivity index (χ0) is 22.2. The van der Waals surface area contributed by atoms with Crippen molar-refractivity contribution in [2.24, 2.45) is 11.8 Å². The quantitative estimate of drug-likeness (QED) is 0.245. The van der Waals surface area contributed by atoms with Crippen molar-refractivity contribution in [1.82, 2.24) is 0 Å². The van der Waals surface area contributed by atoms with Crippen molar-refractivity contribution < 1.29 is 14.0 Å². The molecule has 0 spiro atoms. The minimum Gasteiger partial charge on any atom is -0.407 e. The Labute approximate surface area is 182 Å². The number of benzene rings is 2. The highest BCUT2D eigenvalue weighted by molar-refractivity contribution is 6.99. The lowest BCUT2D eigenvalue weighted by molar-refractivity contribution is -0.119. The molecule has 0 N–H and O–H groups in total. The Balaban J connectivity index is 2.25. The van der Waals surface area contributed by atoms with Gasteiger partial charge in [0.1, 0.15) is 0 Å². The Bertz CT molecular complexity index is 816. The molecular formula is C25H34N2O2Si. The second-order valence-corrected chi connectivity index (χ2v) is 13.5. The minimum absolute atomic E-state index is 0.0419. The van der Waals surface area contributed by atoms with E-state index in [0.29, 0.717) is 12.5 Å². The Hall–Kier alpha value is -2.33. The van der Waals surface area contributed by atoms with Gasteiger partial charge in [0, 0.05) is 12.5 Å². The van der Waals surface area contributed by atoms with E-state index in [9.17, 15) is 4.79 Å². The lowest BCUT2D eigenvalue weighted by atomic mass is 9.92. The van der Waals surface area contributed by atoms with Gasteiger partial charge < -0.3 is 9.96 Å². The molecule has 0 fully saturated rings. The summed E-state index contributed by atoms with van der Waals surface area (Å²) in [5.74, 6) is 0.0234. The molecule has 0 saturated carbocycles. The Kier molecular flexibility index (Phi) is 8.48. The number of ketones is 1. The van der Waals surface area contributed by atoms with Crippen molar-refractivity contribution in [3.63, 3.8) is 0 Å². The van der Waals surface area contributed by atoms with E-state index in [1.807, 2.05) is 19.1 Å². The highest BCUT2D eigenvalue weighted by Crippen LogP contribution is 2.37. The molecular weight excluding hydrogens is 388 g/mol. The van der Waals surface area contributed by atoms with Crippen molar-refractivity contribution >= 4 is 30.7 Å². The molecule has 0 saturated heterocycles. The minimum atomic E-state index is -2.51. The molecule has 2 aromatic rings. The largest absolute Gasteiger partial charge is 0.407 e. The number of carbonyl (C=O) groups is 1. The van der Waals surface area contributed by atoms with Crippen molar-refractivity contribution in [2.75, 3.05) is 6.61 Å². The van der Waals surface area contributed by atoms with Gasteiger partial charge in [0.25, 0.3) is 8.32 Å². The highest BCUT2D eigenvalue weighted by atomic mass is 28.4. The molecule has 5 heteroatoms. The van der Waals surface area contributed by atoms with E-state index in [4.69, 9.17) is 9.96 Å². The first-order valence-electron chi connectivity index (χ1n) is 10.7. The monoisotopic (exact) mass is 422 g/mol. The average Bonchev–Trinajstić information content (AvgIpc) is 2.71. The first-order valence-corrected chi connectivity index (χ1v) is 12.6. The molecule has 0 aromatic heterocycles. The fourth-order valence-electron chi connectivity index (χ4n) is 4.20. The van der Waals surface area contributed by atoms with Gasteiger partial charge in [-0.25, -0.2) is 0 Å². The molecule has 2 atom stereocenters. The van der Waals surface area contributed by atoms with E-state index < -0.39 is 8.32 Å². The number of rotatable bonds is 10. The van der Waals surface area contributed by atoms with Gasteiger partial charge in [-0.3, -0.25) is 4.79 Å². The first kappa shape index (κ1) is 23.9. The highest BCUT2D eigenvalue weighted by Gasteiger charge is 2.50. The van der Waals surface area contributed by atoms with E-state index in [1.54, 1.807) is 0 Å². The normalized spacial score (nSPS) is 13.9. The molecule has 2 rings (SSSR count). The second-order valence-electron chi connectivity index (χ2n) is 9.19. The topological polar surface area (TPSA) is 62.7 Å². The van der Waals surface area contributed by atoms with E-state index in [0.717, 1.165) is 19.1 Å². The van der Waals surface area contributed by atoms with Crippen LogP contribution in [-0.2, 0) is 9.22 Å². The van der Waals surface area contributed by atoms with Gasteiger partial charge >= 0.3 is 6.21 Å². The Morgan fingerprint density at radius 2 is 1.53 bits per heavy atom. The molecule has 0 amide bonds. The summed E-state index contributed by atoms with van der Waals surface area (Å²) in [5, 5.41) is 2.51. The number of Topliss-reactive ketones (excluding diaryl/α,β-unsaturated/α-hetero) is 1. The van der Waals surface area contributed by atoms with Crippen LogP contribution in [-0.4, -0.2) is 31.7 Å². The summed E-state index contributed by atoms with van der Waals surface area (Å²) in [6.45, 7) is 11.5. The molecule has 0 radical (unpaired) electrons. The molecule has 0 aliphatic rings. The predicted molar refractivity (Wildman–Crippen MR) is 126 cm³/mol. The van der Waals surface area contributed by atoms with Crippen LogP contribution >= 0.6 is 0 Å². The molecule has 0 heterocycles. The Morgan fingerprint density at radius 1 is 1.03 bits per heavy atom. The van der Waals surface area contributed by atoms with E-state index in [-0.39, 0.29) is 16.7 Å². The van der Waals surface area contributed by atoms with Gasteiger partial charge in [-0.05, 0) is 34.2 Å². The number of carbonyl (C=O) groups excluding carboxylic acids is 1. The van der Waals surface area contributed by atoms with E-state index >= 15 is 0 Å². The van der Waals surface area contributed by atoms with Gasteiger partial charge in [0.05, 0.1) is 0 Å². The molecule has 4 nitrogen and oxygen atoms in total. The van der Waals surface area contributed by atoms with E-state index in [2.05, 4.69) is 81.0 Å². The van der Waals surface area contributed by atoms with Crippen LogP contribution in [0.1, 0.15) is 47.5 Å². The van der Waals surface area contributed by atoms with Crippen molar-refractivity contribution in [3.8, 4) is 0 Å². The van der Waals surface area contributed by atoms with Crippen LogP contribution in [0.15, 0.2) is 60.7 Å². The van der Waals surface area contributed by atoms with Gasteiger partial charge in [-0.15, -0.1) is 0 Å². The molecule has 0 bridgehead atoms. The van der Waals surface area contributed by atoms with Crippen molar-refractivity contribution in [1.29, 1.82) is 0 Å². The third-order valence-corrected chi connectivity index (χ3v) is 10.8. The van der Waals surface area contributed by atoms with Crippen molar-refractivity contribution in [2.45, 2.75) is 52.5 Å². The third kappa shape index (κ3) is 5.63. The fourth-order valence-corrected chi connectivity index (χ4v) is 8.78. The van der Waals surface area contributed by atoms with Crippen LogP contribution in [0.25, 0.3) is 5.53 Å².